The number of rotatable bonds is 4. The van der Waals surface area contributed by atoms with Gasteiger partial charge in [-0.25, -0.2) is 0 Å². The third-order valence-corrected chi connectivity index (χ3v) is 5.13. The van der Waals surface area contributed by atoms with Gasteiger partial charge in [-0.2, -0.15) is 5.10 Å². The fraction of sp³-hybridized carbons (Fsp3) is 0.812. The molecule has 0 radical (unpaired) electrons. The summed E-state index contributed by atoms with van der Waals surface area (Å²) in [5.74, 6) is 0. The van der Waals surface area contributed by atoms with Gasteiger partial charge < -0.3 is 5.73 Å². The van der Waals surface area contributed by atoms with E-state index in [9.17, 15) is 0 Å². The number of hydrogen-bond donors (Lipinski definition) is 1. The van der Waals surface area contributed by atoms with Crippen molar-refractivity contribution >= 4 is 0 Å². The van der Waals surface area contributed by atoms with Crippen molar-refractivity contribution in [2.45, 2.75) is 58.0 Å². The molecule has 1 unspecified atom stereocenters. The number of nitrogens with two attached hydrogens (primary N) is 1. The summed E-state index contributed by atoms with van der Waals surface area (Å²) in [6, 6.07) is 2.84. The molecular formula is C16H28N4. The summed E-state index contributed by atoms with van der Waals surface area (Å²) in [5.41, 5.74) is 7.41. The summed E-state index contributed by atoms with van der Waals surface area (Å²) in [5, 5.41) is 4.81. The molecule has 1 aromatic heterocycles. The Hall–Kier alpha value is -0.870. The van der Waals surface area contributed by atoms with Crippen molar-refractivity contribution in [3.8, 4) is 0 Å². The predicted octanol–water partition coefficient (Wildman–Crippen LogP) is 2.56. The second kappa shape index (κ2) is 5.86. The van der Waals surface area contributed by atoms with E-state index >= 15 is 0 Å². The predicted molar refractivity (Wildman–Crippen MR) is 81.4 cm³/mol. The standard InChI is InChI=1S/C16H28N4/c1-16(12-17)8-10-19(13-16)11-14-7-9-20(18-14)15-5-3-2-4-6-15/h7,9,15H,2-6,8,10-13,17H2,1H3. The Kier molecular flexibility index (Phi) is 4.13. The van der Waals surface area contributed by atoms with E-state index < -0.39 is 0 Å². The minimum absolute atomic E-state index is 0.311. The van der Waals surface area contributed by atoms with Gasteiger partial charge in [0.1, 0.15) is 0 Å². The highest BCUT2D eigenvalue weighted by Crippen LogP contribution is 2.30. The molecule has 0 bridgehead atoms. The largest absolute Gasteiger partial charge is 0.330 e. The molecule has 4 heteroatoms. The summed E-state index contributed by atoms with van der Waals surface area (Å²) in [4.78, 5) is 2.50. The average molecular weight is 276 g/mol. The van der Waals surface area contributed by atoms with Gasteiger partial charge in [0.25, 0.3) is 0 Å². The average Bonchev–Trinajstić information content (AvgIpc) is 3.08. The fourth-order valence-electron chi connectivity index (χ4n) is 3.67. The maximum atomic E-state index is 5.88. The number of aromatic nitrogens is 2. The van der Waals surface area contributed by atoms with Gasteiger partial charge in [-0.3, -0.25) is 9.58 Å². The minimum atomic E-state index is 0.311. The molecular weight excluding hydrogens is 248 g/mol. The normalized spacial score (nSPS) is 29.1. The molecule has 20 heavy (non-hydrogen) atoms. The molecule has 2 heterocycles. The fourth-order valence-corrected chi connectivity index (χ4v) is 3.67. The highest BCUT2D eigenvalue weighted by Gasteiger charge is 2.32. The van der Waals surface area contributed by atoms with Crippen molar-refractivity contribution in [3.63, 3.8) is 0 Å². The molecule has 1 saturated heterocycles. The maximum absolute atomic E-state index is 5.88. The Bertz CT molecular complexity index is 435. The molecule has 1 aliphatic carbocycles. The van der Waals surface area contributed by atoms with E-state index in [0.717, 1.165) is 26.2 Å². The second-order valence-corrected chi connectivity index (χ2v) is 7.05. The van der Waals surface area contributed by atoms with Crippen LogP contribution in [0.5, 0.6) is 0 Å². The Balaban J connectivity index is 1.57. The molecule has 4 nitrogen and oxygen atoms in total. The Morgan fingerprint density at radius 1 is 1.35 bits per heavy atom. The van der Waals surface area contributed by atoms with Crippen LogP contribution in [0.1, 0.15) is 57.2 Å². The molecule has 2 N–H and O–H groups in total. The number of nitrogens with zero attached hydrogens (tertiary/aromatic N) is 3. The van der Waals surface area contributed by atoms with Crippen LogP contribution in [0.15, 0.2) is 12.3 Å². The van der Waals surface area contributed by atoms with E-state index in [2.05, 4.69) is 28.8 Å². The first kappa shape index (κ1) is 14.1. The first-order chi connectivity index (χ1) is 9.68. The van der Waals surface area contributed by atoms with Crippen LogP contribution in [-0.4, -0.2) is 34.3 Å². The SMILES string of the molecule is CC1(CN)CCN(Cc2ccn(C3CCCCC3)n2)C1. The molecule has 0 amide bonds. The van der Waals surface area contributed by atoms with Crippen LogP contribution < -0.4 is 5.73 Å². The number of hydrogen-bond acceptors (Lipinski definition) is 3. The zero-order valence-electron chi connectivity index (χ0n) is 12.7. The van der Waals surface area contributed by atoms with Crippen LogP contribution in [0.4, 0.5) is 0 Å². The van der Waals surface area contributed by atoms with Gasteiger partial charge >= 0.3 is 0 Å². The van der Waals surface area contributed by atoms with Gasteiger partial charge in [0.2, 0.25) is 0 Å². The van der Waals surface area contributed by atoms with Crippen molar-refractivity contribution in [1.82, 2.24) is 14.7 Å². The van der Waals surface area contributed by atoms with Crippen molar-refractivity contribution < 1.29 is 0 Å². The Morgan fingerprint density at radius 3 is 2.85 bits per heavy atom. The van der Waals surface area contributed by atoms with Gasteiger partial charge in [0.05, 0.1) is 11.7 Å². The quantitative estimate of drug-likeness (QED) is 0.919. The molecule has 1 atom stereocenters. The van der Waals surface area contributed by atoms with E-state index in [1.807, 2.05) is 0 Å². The van der Waals surface area contributed by atoms with E-state index in [4.69, 9.17) is 10.8 Å². The topological polar surface area (TPSA) is 47.1 Å². The lowest BCUT2D eigenvalue weighted by Gasteiger charge is -2.23. The Morgan fingerprint density at radius 2 is 2.15 bits per heavy atom. The molecule has 1 saturated carbocycles. The van der Waals surface area contributed by atoms with Crippen molar-refractivity contribution in [2.24, 2.45) is 11.1 Å². The second-order valence-electron chi connectivity index (χ2n) is 7.05. The summed E-state index contributed by atoms with van der Waals surface area (Å²) in [6.07, 6.45) is 10.1. The van der Waals surface area contributed by atoms with Gasteiger partial charge in [-0.05, 0) is 43.8 Å². The number of likely N-dealkylation sites (tertiary alicyclic amines) is 1. The van der Waals surface area contributed by atoms with Crippen LogP contribution >= 0.6 is 0 Å². The first-order valence-corrected chi connectivity index (χ1v) is 8.15. The molecule has 0 spiro atoms. The summed E-state index contributed by atoms with van der Waals surface area (Å²) < 4.78 is 2.21. The van der Waals surface area contributed by atoms with Gasteiger partial charge in [-0.15, -0.1) is 0 Å². The monoisotopic (exact) mass is 276 g/mol. The molecule has 0 aromatic carbocycles. The molecule has 2 fully saturated rings. The molecule has 2 aliphatic rings. The summed E-state index contributed by atoms with van der Waals surface area (Å²) >= 11 is 0. The summed E-state index contributed by atoms with van der Waals surface area (Å²) in [6.45, 7) is 6.34. The van der Waals surface area contributed by atoms with E-state index in [-0.39, 0.29) is 0 Å². The lowest BCUT2D eigenvalue weighted by atomic mass is 9.90. The highest BCUT2D eigenvalue weighted by atomic mass is 15.3. The van der Waals surface area contributed by atoms with Gasteiger partial charge in [-0.1, -0.05) is 26.2 Å². The van der Waals surface area contributed by atoms with Crippen LogP contribution in [0, 0.1) is 5.41 Å². The third-order valence-electron chi connectivity index (χ3n) is 5.13. The van der Waals surface area contributed by atoms with Crippen LogP contribution in [0.2, 0.25) is 0 Å². The first-order valence-electron chi connectivity index (χ1n) is 8.15. The molecule has 3 rings (SSSR count). The van der Waals surface area contributed by atoms with Crippen LogP contribution in [0.25, 0.3) is 0 Å². The van der Waals surface area contributed by atoms with E-state index in [0.29, 0.717) is 11.5 Å². The zero-order valence-corrected chi connectivity index (χ0v) is 12.7. The van der Waals surface area contributed by atoms with Crippen molar-refractivity contribution in [2.75, 3.05) is 19.6 Å². The molecule has 1 aromatic rings. The summed E-state index contributed by atoms with van der Waals surface area (Å²) in [7, 11) is 0. The van der Waals surface area contributed by atoms with E-state index in [1.54, 1.807) is 0 Å². The van der Waals surface area contributed by atoms with Crippen molar-refractivity contribution in [3.05, 3.63) is 18.0 Å². The molecule has 112 valence electrons. The maximum Gasteiger partial charge on any atom is 0.0764 e. The van der Waals surface area contributed by atoms with Gasteiger partial charge in [0.15, 0.2) is 0 Å². The smallest absolute Gasteiger partial charge is 0.0764 e. The highest BCUT2D eigenvalue weighted by molar-refractivity contribution is 5.01. The minimum Gasteiger partial charge on any atom is -0.330 e. The molecule has 1 aliphatic heterocycles. The third kappa shape index (κ3) is 3.07. The lowest BCUT2D eigenvalue weighted by Crippen LogP contribution is -2.31. The van der Waals surface area contributed by atoms with Crippen molar-refractivity contribution in [1.29, 1.82) is 0 Å². The Labute approximate surface area is 122 Å². The van der Waals surface area contributed by atoms with Gasteiger partial charge in [0, 0.05) is 19.3 Å². The zero-order chi connectivity index (χ0) is 14.0. The van der Waals surface area contributed by atoms with Crippen LogP contribution in [0.3, 0.4) is 0 Å². The van der Waals surface area contributed by atoms with Crippen LogP contribution in [-0.2, 0) is 6.54 Å². The van der Waals surface area contributed by atoms with E-state index in [1.165, 1.54) is 44.2 Å². The lowest BCUT2D eigenvalue weighted by molar-refractivity contribution is 0.269.